The van der Waals surface area contributed by atoms with E-state index in [2.05, 4.69) is 22.0 Å². The molecule has 0 fully saturated rings. The summed E-state index contributed by atoms with van der Waals surface area (Å²) in [7, 11) is 1.72. The summed E-state index contributed by atoms with van der Waals surface area (Å²) in [6, 6.07) is 5.49. The fourth-order valence-electron chi connectivity index (χ4n) is 2.61. The molecule has 1 unspecified atom stereocenters. The maximum Gasteiger partial charge on any atom is 0.180 e. The highest BCUT2D eigenvalue weighted by molar-refractivity contribution is 5.96. The molecular formula is C20H25FN4O. The van der Waals surface area contributed by atoms with Gasteiger partial charge in [0.15, 0.2) is 5.78 Å². The monoisotopic (exact) mass is 356 g/mol. The minimum Gasteiger partial charge on any atom is -0.361 e. The molecule has 5 nitrogen and oxygen atoms in total. The van der Waals surface area contributed by atoms with Gasteiger partial charge in [-0.2, -0.15) is 0 Å². The quantitative estimate of drug-likeness (QED) is 0.512. The molecule has 0 radical (unpaired) electrons. The number of carbonyl (C=O) groups excluding carboxylic acids is 1. The lowest BCUT2D eigenvalue weighted by Crippen LogP contribution is -2.40. The Morgan fingerprint density at radius 2 is 2.27 bits per heavy atom. The van der Waals surface area contributed by atoms with E-state index in [9.17, 15) is 9.18 Å². The summed E-state index contributed by atoms with van der Waals surface area (Å²) in [6.45, 7) is 0.322. The Morgan fingerprint density at radius 3 is 2.92 bits per heavy atom. The highest BCUT2D eigenvalue weighted by Gasteiger charge is 2.19. The minimum atomic E-state index is -0.545. The van der Waals surface area contributed by atoms with Crippen molar-refractivity contribution in [3.8, 4) is 0 Å². The molecule has 0 aromatic heterocycles. The van der Waals surface area contributed by atoms with Gasteiger partial charge in [-0.3, -0.25) is 4.79 Å². The number of rotatable bonds is 9. The number of hydrogen-bond acceptors (Lipinski definition) is 5. The molecule has 0 bridgehead atoms. The Balaban J connectivity index is 2.04. The molecule has 0 amide bonds. The standard InChI is InChI=1S/C20H25FN4O/c1-23-20(18(10-12-22)25-16-7-3-2-4-8-16)19(26)11-13-24-17-9-5-6-15(21)14-17/h2-3,5-7,9-11,13-14,20,23-25H,4,8,12,22H2,1H3/b13-11-,18-10-. The highest BCUT2D eigenvalue weighted by Crippen LogP contribution is 2.13. The van der Waals surface area contributed by atoms with Crippen molar-refractivity contribution in [1.82, 2.24) is 10.6 Å². The van der Waals surface area contributed by atoms with Crippen LogP contribution in [0.4, 0.5) is 10.1 Å². The van der Waals surface area contributed by atoms with Crippen molar-refractivity contribution < 1.29 is 9.18 Å². The molecule has 2 rings (SSSR count). The summed E-state index contributed by atoms with van der Waals surface area (Å²) < 4.78 is 13.2. The third kappa shape index (κ3) is 5.98. The van der Waals surface area contributed by atoms with Crippen molar-refractivity contribution >= 4 is 11.5 Å². The molecule has 0 spiro atoms. The number of hydrogen-bond donors (Lipinski definition) is 4. The van der Waals surface area contributed by atoms with Gasteiger partial charge >= 0.3 is 0 Å². The lowest BCUT2D eigenvalue weighted by molar-refractivity contribution is -0.115. The lowest BCUT2D eigenvalue weighted by Gasteiger charge is -2.22. The Labute approximate surface area is 153 Å². The number of nitrogens with one attached hydrogen (secondary N) is 3. The van der Waals surface area contributed by atoms with E-state index >= 15 is 0 Å². The van der Waals surface area contributed by atoms with Crippen LogP contribution in [-0.4, -0.2) is 25.4 Å². The van der Waals surface area contributed by atoms with E-state index in [0.717, 1.165) is 24.2 Å². The number of halogens is 1. The second-order valence-corrected chi connectivity index (χ2v) is 5.79. The lowest BCUT2D eigenvalue weighted by atomic mass is 10.1. The predicted octanol–water partition coefficient (Wildman–Crippen LogP) is 2.57. The summed E-state index contributed by atoms with van der Waals surface area (Å²) in [6.07, 6.45) is 12.7. The number of allylic oxidation sites excluding steroid dienone is 4. The van der Waals surface area contributed by atoms with E-state index in [1.807, 2.05) is 12.2 Å². The largest absolute Gasteiger partial charge is 0.361 e. The second-order valence-electron chi connectivity index (χ2n) is 5.79. The molecule has 1 aliphatic carbocycles. The van der Waals surface area contributed by atoms with Crippen molar-refractivity contribution in [1.29, 1.82) is 0 Å². The number of likely N-dealkylation sites (N-methyl/N-ethyl adjacent to an activating group) is 1. The Hall–Kier alpha value is -2.70. The van der Waals surface area contributed by atoms with Crippen molar-refractivity contribution in [3.63, 3.8) is 0 Å². The van der Waals surface area contributed by atoms with Gasteiger partial charge in [0.1, 0.15) is 11.9 Å². The van der Waals surface area contributed by atoms with Gasteiger partial charge in [-0.05, 0) is 56.3 Å². The van der Waals surface area contributed by atoms with Gasteiger partial charge in [-0.25, -0.2) is 4.39 Å². The summed E-state index contributed by atoms with van der Waals surface area (Å²) in [5.74, 6) is -0.481. The molecule has 1 aliphatic rings. The number of anilines is 1. The second kappa shape index (κ2) is 10.3. The van der Waals surface area contributed by atoms with Crippen LogP contribution in [0.1, 0.15) is 12.8 Å². The SMILES string of the molecule is CNC(C(=O)/C=C\Nc1cccc(F)c1)/C(=C/CN)NC1=CC=CCC1. The third-order valence-electron chi connectivity index (χ3n) is 3.86. The molecule has 138 valence electrons. The zero-order valence-electron chi connectivity index (χ0n) is 14.8. The molecule has 0 aliphatic heterocycles. The first-order chi connectivity index (χ1) is 12.6. The van der Waals surface area contributed by atoms with E-state index in [1.54, 1.807) is 25.3 Å². The van der Waals surface area contributed by atoms with Gasteiger partial charge in [0.2, 0.25) is 0 Å². The molecule has 1 aromatic carbocycles. The summed E-state index contributed by atoms with van der Waals surface area (Å²) in [5.41, 5.74) is 8.00. The first-order valence-electron chi connectivity index (χ1n) is 8.56. The fourth-order valence-corrected chi connectivity index (χ4v) is 2.61. The first kappa shape index (κ1) is 19.6. The van der Waals surface area contributed by atoms with E-state index < -0.39 is 6.04 Å². The smallest absolute Gasteiger partial charge is 0.180 e. The van der Waals surface area contributed by atoms with E-state index in [4.69, 9.17) is 5.73 Å². The molecule has 0 heterocycles. The zero-order chi connectivity index (χ0) is 18.8. The first-order valence-corrected chi connectivity index (χ1v) is 8.56. The molecule has 0 saturated heterocycles. The van der Waals surface area contributed by atoms with Crippen LogP contribution < -0.4 is 21.7 Å². The minimum absolute atomic E-state index is 0.143. The Morgan fingerprint density at radius 1 is 1.42 bits per heavy atom. The van der Waals surface area contributed by atoms with Crippen molar-refractivity contribution in [2.24, 2.45) is 5.73 Å². The molecule has 26 heavy (non-hydrogen) atoms. The van der Waals surface area contributed by atoms with Crippen LogP contribution in [0.3, 0.4) is 0 Å². The van der Waals surface area contributed by atoms with Gasteiger partial charge in [0.25, 0.3) is 0 Å². The van der Waals surface area contributed by atoms with Gasteiger partial charge in [-0.15, -0.1) is 0 Å². The van der Waals surface area contributed by atoms with Crippen LogP contribution in [0.25, 0.3) is 0 Å². The van der Waals surface area contributed by atoms with E-state index in [1.165, 1.54) is 24.4 Å². The van der Waals surface area contributed by atoms with Crippen LogP contribution in [-0.2, 0) is 4.79 Å². The van der Waals surface area contributed by atoms with Crippen LogP contribution in [0, 0.1) is 5.82 Å². The number of benzene rings is 1. The highest BCUT2D eigenvalue weighted by atomic mass is 19.1. The maximum atomic E-state index is 13.2. The van der Waals surface area contributed by atoms with Crippen LogP contribution in [0.5, 0.6) is 0 Å². The van der Waals surface area contributed by atoms with Gasteiger partial charge in [0, 0.05) is 29.8 Å². The molecular weight excluding hydrogens is 331 g/mol. The average Bonchev–Trinajstić information content (AvgIpc) is 2.63. The number of nitrogens with two attached hydrogens (primary N) is 1. The van der Waals surface area contributed by atoms with Gasteiger partial charge < -0.3 is 21.7 Å². The fraction of sp³-hybridized carbons (Fsp3) is 0.250. The van der Waals surface area contributed by atoms with Crippen LogP contribution in [0.15, 0.2) is 72.2 Å². The molecule has 5 N–H and O–H groups in total. The van der Waals surface area contributed by atoms with Crippen LogP contribution in [0.2, 0.25) is 0 Å². The average molecular weight is 356 g/mol. The maximum absolute atomic E-state index is 13.2. The summed E-state index contributed by atoms with van der Waals surface area (Å²) in [4.78, 5) is 12.6. The van der Waals surface area contributed by atoms with Crippen molar-refractivity contribution in [3.05, 3.63) is 78.1 Å². The van der Waals surface area contributed by atoms with Crippen molar-refractivity contribution in [2.75, 3.05) is 18.9 Å². The molecule has 0 saturated carbocycles. The van der Waals surface area contributed by atoms with Crippen LogP contribution >= 0.6 is 0 Å². The number of carbonyl (C=O) groups is 1. The molecule has 6 heteroatoms. The Bertz CT molecular complexity index is 737. The van der Waals surface area contributed by atoms with Crippen molar-refractivity contribution in [2.45, 2.75) is 18.9 Å². The third-order valence-corrected chi connectivity index (χ3v) is 3.86. The summed E-state index contributed by atoms with van der Waals surface area (Å²) in [5, 5.41) is 9.22. The van der Waals surface area contributed by atoms with E-state index in [0.29, 0.717) is 12.2 Å². The van der Waals surface area contributed by atoms with Gasteiger partial charge in [-0.1, -0.05) is 18.2 Å². The summed E-state index contributed by atoms with van der Waals surface area (Å²) >= 11 is 0. The normalized spacial score (nSPS) is 15.7. The topological polar surface area (TPSA) is 79.2 Å². The Kier molecular flexibility index (Phi) is 7.79. The number of ketones is 1. The molecule has 1 atom stereocenters. The molecule has 1 aromatic rings. The predicted molar refractivity (Wildman–Crippen MR) is 104 cm³/mol. The zero-order valence-corrected chi connectivity index (χ0v) is 14.8. The van der Waals surface area contributed by atoms with E-state index in [-0.39, 0.29) is 11.6 Å². The van der Waals surface area contributed by atoms with Gasteiger partial charge in [0.05, 0.1) is 0 Å².